The van der Waals surface area contributed by atoms with Crippen molar-refractivity contribution < 1.29 is 0 Å². The van der Waals surface area contributed by atoms with Crippen molar-refractivity contribution in [1.29, 1.82) is 0 Å². The number of hydrogen-bond acceptors (Lipinski definition) is 3. The number of hydrogen-bond donors (Lipinski definition) is 1. The quantitative estimate of drug-likeness (QED) is 0.917. The second-order valence-electron chi connectivity index (χ2n) is 4.46. The van der Waals surface area contributed by atoms with E-state index >= 15 is 0 Å². The third-order valence-corrected chi connectivity index (χ3v) is 3.68. The van der Waals surface area contributed by atoms with Crippen LogP contribution in [0.3, 0.4) is 0 Å². The summed E-state index contributed by atoms with van der Waals surface area (Å²) in [5, 5.41) is 3.12. The van der Waals surface area contributed by atoms with Crippen molar-refractivity contribution in [1.82, 2.24) is 10.3 Å². The lowest BCUT2D eigenvalue weighted by atomic mass is 10.2. The highest BCUT2D eigenvalue weighted by Gasteiger charge is 2.06. The molecule has 0 amide bonds. The van der Waals surface area contributed by atoms with Gasteiger partial charge in [0.15, 0.2) is 0 Å². The molecule has 0 aliphatic rings. The summed E-state index contributed by atoms with van der Waals surface area (Å²) >= 11 is 3.58. The van der Waals surface area contributed by atoms with E-state index in [1.54, 1.807) is 0 Å². The first kappa shape index (κ1) is 14.0. The van der Waals surface area contributed by atoms with Crippen LogP contribution in [0.25, 0.3) is 0 Å². The Bertz CT molecular complexity index is 542. The van der Waals surface area contributed by atoms with Gasteiger partial charge in [-0.3, -0.25) is 0 Å². The third-order valence-electron chi connectivity index (χ3n) is 2.91. The smallest absolute Gasteiger partial charge is 0.128 e. The van der Waals surface area contributed by atoms with Crippen LogP contribution in [0, 0.1) is 0 Å². The van der Waals surface area contributed by atoms with Crippen LogP contribution in [0.1, 0.15) is 11.3 Å². The van der Waals surface area contributed by atoms with Crippen LogP contribution in [0.15, 0.2) is 46.9 Å². The third kappa shape index (κ3) is 3.78. The minimum absolute atomic E-state index is 0.788. The van der Waals surface area contributed by atoms with Gasteiger partial charge in [-0.1, -0.05) is 40.2 Å². The van der Waals surface area contributed by atoms with E-state index < -0.39 is 0 Å². The summed E-state index contributed by atoms with van der Waals surface area (Å²) in [6, 6.07) is 14.4. The summed E-state index contributed by atoms with van der Waals surface area (Å²) in [6.45, 7) is 1.62. The van der Waals surface area contributed by atoms with Crippen LogP contribution < -0.4 is 10.2 Å². The average molecular weight is 320 g/mol. The fourth-order valence-corrected chi connectivity index (χ4v) is 2.33. The molecule has 100 valence electrons. The van der Waals surface area contributed by atoms with Crippen molar-refractivity contribution in [3.63, 3.8) is 0 Å². The zero-order chi connectivity index (χ0) is 13.7. The van der Waals surface area contributed by atoms with Gasteiger partial charge in [-0.25, -0.2) is 4.98 Å². The van der Waals surface area contributed by atoms with E-state index in [0.29, 0.717) is 0 Å². The summed E-state index contributed by atoms with van der Waals surface area (Å²) < 4.78 is 1.13. The lowest BCUT2D eigenvalue weighted by molar-refractivity contribution is 0.783. The van der Waals surface area contributed by atoms with Crippen molar-refractivity contribution in [2.45, 2.75) is 13.1 Å². The Balaban J connectivity index is 2.13. The number of nitrogens with zero attached hydrogens (tertiary/aromatic N) is 2. The lowest BCUT2D eigenvalue weighted by Gasteiger charge is -2.19. The van der Waals surface area contributed by atoms with Gasteiger partial charge in [-0.2, -0.15) is 0 Å². The monoisotopic (exact) mass is 319 g/mol. The molecule has 0 atom stereocenters. The molecule has 0 bridgehead atoms. The Morgan fingerprint density at radius 1 is 1.16 bits per heavy atom. The zero-order valence-corrected chi connectivity index (χ0v) is 12.8. The molecule has 0 saturated carbocycles. The molecular weight excluding hydrogens is 302 g/mol. The maximum Gasteiger partial charge on any atom is 0.128 e. The molecule has 1 N–H and O–H groups in total. The summed E-state index contributed by atoms with van der Waals surface area (Å²) in [5.74, 6) is 0.989. The highest BCUT2D eigenvalue weighted by molar-refractivity contribution is 9.10. The topological polar surface area (TPSA) is 28.2 Å². The van der Waals surface area contributed by atoms with E-state index in [9.17, 15) is 0 Å². The van der Waals surface area contributed by atoms with Crippen molar-refractivity contribution in [2.24, 2.45) is 0 Å². The minimum atomic E-state index is 0.788. The molecule has 0 aliphatic heterocycles. The summed E-state index contributed by atoms with van der Waals surface area (Å²) in [4.78, 5) is 6.79. The molecule has 4 heteroatoms. The van der Waals surface area contributed by atoms with E-state index in [4.69, 9.17) is 0 Å². The standard InChI is InChI=1S/C15H18BrN3/c1-17-10-13-7-5-9-15(18-13)19(2)11-12-6-3-4-8-14(12)16/h3-9,17H,10-11H2,1-2H3. The number of pyridine rings is 1. The maximum atomic E-state index is 4.64. The average Bonchev–Trinajstić information content (AvgIpc) is 2.42. The number of halogens is 1. The number of anilines is 1. The largest absolute Gasteiger partial charge is 0.355 e. The van der Waals surface area contributed by atoms with Gasteiger partial charge in [0.1, 0.15) is 5.82 Å². The molecule has 3 nitrogen and oxygen atoms in total. The first-order chi connectivity index (χ1) is 9.20. The Hall–Kier alpha value is -1.39. The summed E-state index contributed by atoms with van der Waals surface area (Å²) in [5.41, 5.74) is 2.31. The molecule has 0 radical (unpaired) electrons. The van der Waals surface area contributed by atoms with Crippen molar-refractivity contribution in [2.75, 3.05) is 19.0 Å². The molecule has 0 spiro atoms. The maximum absolute atomic E-state index is 4.64. The highest BCUT2D eigenvalue weighted by Crippen LogP contribution is 2.20. The molecule has 0 unspecified atom stereocenters. The highest BCUT2D eigenvalue weighted by atomic mass is 79.9. The molecule has 1 aromatic carbocycles. The molecule has 1 heterocycles. The fourth-order valence-electron chi connectivity index (χ4n) is 1.92. The Labute approximate surface area is 122 Å². The molecule has 0 saturated heterocycles. The van der Waals surface area contributed by atoms with E-state index in [0.717, 1.165) is 29.1 Å². The van der Waals surface area contributed by atoms with Crippen LogP contribution in [-0.4, -0.2) is 19.1 Å². The summed E-state index contributed by atoms with van der Waals surface area (Å²) in [7, 11) is 3.99. The van der Waals surface area contributed by atoms with Crippen molar-refractivity contribution in [3.05, 3.63) is 58.2 Å². The van der Waals surface area contributed by atoms with Gasteiger partial charge in [0.2, 0.25) is 0 Å². The normalized spacial score (nSPS) is 10.5. The van der Waals surface area contributed by atoms with Crippen LogP contribution in [0.2, 0.25) is 0 Å². The zero-order valence-electron chi connectivity index (χ0n) is 11.2. The van der Waals surface area contributed by atoms with Gasteiger partial charge >= 0.3 is 0 Å². The predicted molar refractivity (Wildman–Crippen MR) is 83.2 cm³/mol. The Morgan fingerprint density at radius 2 is 1.95 bits per heavy atom. The molecule has 2 rings (SSSR count). The minimum Gasteiger partial charge on any atom is -0.355 e. The fraction of sp³-hybridized carbons (Fsp3) is 0.267. The van der Waals surface area contributed by atoms with Crippen LogP contribution in [-0.2, 0) is 13.1 Å². The molecule has 2 aromatic rings. The van der Waals surface area contributed by atoms with Gasteiger partial charge in [0, 0.05) is 24.6 Å². The molecule has 0 fully saturated rings. The van der Waals surface area contributed by atoms with Gasteiger partial charge < -0.3 is 10.2 Å². The lowest BCUT2D eigenvalue weighted by Crippen LogP contribution is -2.19. The number of nitrogens with one attached hydrogen (secondary N) is 1. The molecule has 1 aromatic heterocycles. The van der Waals surface area contributed by atoms with Gasteiger partial charge in [0.25, 0.3) is 0 Å². The van der Waals surface area contributed by atoms with Gasteiger partial charge in [0.05, 0.1) is 5.69 Å². The summed E-state index contributed by atoms with van der Waals surface area (Å²) in [6.07, 6.45) is 0. The second kappa shape index (κ2) is 6.68. The van der Waals surface area contributed by atoms with E-state index in [1.165, 1.54) is 5.56 Å². The SMILES string of the molecule is CNCc1cccc(N(C)Cc2ccccc2Br)n1. The number of benzene rings is 1. The first-order valence-electron chi connectivity index (χ1n) is 6.26. The second-order valence-corrected chi connectivity index (χ2v) is 5.32. The first-order valence-corrected chi connectivity index (χ1v) is 7.05. The van der Waals surface area contributed by atoms with Gasteiger partial charge in [-0.05, 0) is 30.8 Å². The molecule has 19 heavy (non-hydrogen) atoms. The van der Waals surface area contributed by atoms with E-state index in [-0.39, 0.29) is 0 Å². The van der Waals surface area contributed by atoms with Crippen LogP contribution in [0.5, 0.6) is 0 Å². The Morgan fingerprint density at radius 3 is 2.68 bits per heavy atom. The van der Waals surface area contributed by atoms with E-state index in [1.807, 2.05) is 31.3 Å². The van der Waals surface area contributed by atoms with Crippen molar-refractivity contribution >= 4 is 21.7 Å². The van der Waals surface area contributed by atoms with Crippen LogP contribution in [0.4, 0.5) is 5.82 Å². The van der Waals surface area contributed by atoms with Crippen LogP contribution >= 0.6 is 15.9 Å². The molecule has 0 aliphatic carbocycles. The predicted octanol–water partition coefficient (Wildman–Crippen LogP) is 3.20. The number of aromatic nitrogens is 1. The van der Waals surface area contributed by atoms with Crippen molar-refractivity contribution in [3.8, 4) is 0 Å². The molecular formula is C15H18BrN3. The number of rotatable bonds is 5. The van der Waals surface area contributed by atoms with E-state index in [2.05, 4.69) is 56.4 Å². The van der Waals surface area contributed by atoms with Gasteiger partial charge in [-0.15, -0.1) is 0 Å². The Kier molecular flexibility index (Phi) is 4.93.